The van der Waals surface area contributed by atoms with Crippen LogP contribution >= 0.6 is 0 Å². The Morgan fingerprint density at radius 1 is 1.50 bits per heavy atom. The summed E-state index contributed by atoms with van der Waals surface area (Å²) < 4.78 is 5.73. The Hall–Kier alpha value is -1.24. The van der Waals surface area contributed by atoms with E-state index in [4.69, 9.17) is 4.74 Å². The van der Waals surface area contributed by atoms with Gasteiger partial charge in [-0.3, -0.25) is 0 Å². The quantitative estimate of drug-likeness (QED) is 0.574. The maximum Gasteiger partial charge on any atom is 0.128 e. The van der Waals surface area contributed by atoms with Crippen molar-refractivity contribution in [3.8, 4) is 5.75 Å². The van der Waals surface area contributed by atoms with Crippen molar-refractivity contribution in [2.24, 2.45) is 0 Å². The van der Waals surface area contributed by atoms with E-state index in [1.165, 1.54) is 5.56 Å². The van der Waals surface area contributed by atoms with E-state index >= 15 is 0 Å². The van der Waals surface area contributed by atoms with Gasteiger partial charge in [0.05, 0.1) is 0 Å². The number of benzene rings is 1. The second-order valence-electron chi connectivity index (χ2n) is 3.40. The molecule has 1 nitrogen and oxygen atoms in total. The normalized spacial score (nSPS) is 26.1. The van der Waals surface area contributed by atoms with Gasteiger partial charge >= 0.3 is 0 Å². The molecule has 0 radical (unpaired) electrons. The molecule has 62 valence electrons. The molecule has 0 aromatic heterocycles. The van der Waals surface area contributed by atoms with E-state index in [-0.39, 0.29) is 5.60 Å². The smallest absolute Gasteiger partial charge is 0.128 e. The predicted molar refractivity (Wildman–Crippen MR) is 49.4 cm³/mol. The zero-order valence-electron chi connectivity index (χ0n) is 7.21. The summed E-state index contributed by atoms with van der Waals surface area (Å²) in [7, 11) is 0. The molecule has 12 heavy (non-hydrogen) atoms. The van der Waals surface area contributed by atoms with Gasteiger partial charge < -0.3 is 4.74 Å². The van der Waals surface area contributed by atoms with Crippen molar-refractivity contribution in [3.05, 3.63) is 42.5 Å². The van der Waals surface area contributed by atoms with Crippen LogP contribution in [0.5, 0.6) is 5.75 Å². The molecule has 1 atom stereocenters. The number of ether oxygens (including phenoxy) is 1. The molecule has 1 aromatic carbocycles. The first-order valence-electron chi connectivity index (χ1n) is 4.14. The third kappa shape index (κ3) is 1.02. The van der Waals surface area contributed by atoms with E-state index in [1.807, 2.05) is 24.3 Å². The van der Waals surface area contributed by atoms with Gasteiger partial charge in [-0.05, 0) is 24.6 Å². The number of hydrogen-bond donors (Lipinski definition) is 0. The van der Waals surface area contributed by atoms with Crippen molar-refractivity contribution < 1.29 is 4.74 Å². The molecule has 0 spiro atoms. The summed E-state index contributed by atoms with van der Waals surface area (Å²) in [5.41, 5.74) is 1.09. The Labute approximate surface area is 72.7 Å². The number of fused-ring (bicyclic) bond motifs is 1. The van der Waals surface area contributed by atoms with E-state index < -0.39 is 0 Å². The highest BCUT2D eigenvalue weighted by Crippen LogP contribution is 2.34. The molecule has 0 N–H and O–H groups in total. The number of hydrogen-bond acceptors (Lipinski definition) is 1. The largest absolute Gasteiger partial charge is 0.483 e. The molecule has 2 rings (SSSR count). The number of rotatable bonds is 1. The molecule has 1 aliphatic heterocycles. The van der Waals surface area contributed by atoms with Crippen LogP contribution in [0.25, 0.3) is 0 Å². The van der Waals surface area contributed by atoms with E-state index in [0.29, 0.717) is 0 Å². The van der Waals surface area contributed by atoms with Crippen molar-refractivity contribution in [2.75, 3.05) is 0 Å². The Morgan fingerprint density at radius 3 is 2.92 bits per heavy atom. The van der Waals surface area contributed by atoms with Gasteiger partial charge in [0.15, 0.2) is 0 Å². The van der Waals surface area contributed by atoms with Crippen LogP contribution in [0.3, 0.4) is 0 Å². The molecule has 0 bridgehead atoms. The highest BCUT2D eigenvalue weighted by Gasteiger charge is 2.30. The Bertz CT molecular complexity index is 290. The fraction of sp³-hybridized carbons (Fsp3) is 0.273. The summed E-state index contributed by atoms with van der Waals surface area (Å²) in [5, 5.41) is 0. The van der Waals surface area contributed by atoms with E-state index in [0.717, 1.165) is 12.2 Å². The van der Waals surface area contributed by atoms with Gasteiger partial charge in [0, 0.05) is 6.42 Å². The number of para-hydroxylation sites is 1. The molecule has 0 saturated heterocycles. The standard InChI is InChI=1S/C11H12O/c1-3-11(2)8-9-6-4-5-7-10(9)12-11/h3-7H,1,8H2,2H3/t11-/m1/s1. The zero-order chi connectivity index (χ0) is 8.60. The third-order valence-corrected chi connectivity index (χ3v) is 2.29. The van der Waals surface area contributed by atoms with Gasteiger partial charge in [-0.2, -0.15) is 0 Å². The molecule has 1 aromatic rings. The SMILES string of the molecule is C=C[C@]1(C)Cc2ccccc2O1. The van der Waals surface area contributed by atoms with Crippen molar-refractivity contribution in [3.63, 3.8) is 0 Å². The average molecular weight is 160 g/mol. The highest BCUT2D eigenvalue weighted by atomic mass is 16.5. The van der Waals surface area contributed by atoms with Crippen molar-refractivity contribution >= 4 is 0 Å². The zero-order valence-corrected chi connectivity index (χ0v) is 7.21. The Kier molecular flexibility index (Phi) is 1.47. The molecule has 0 fully saturated rings. The van der Waals surface area contributed by atoms with Crippen molar-refractivity contribution in [2.45, 2.75) is 18.9 Å². The fourth-order valence-electron chi connectivity index (χ4n) is 1.53. The summed E-state index contributed by atoms with van der Waals surface area (Å²) in [4.78, 5) is 0. The van der Waals surface area contributed by atoms with E-state index in [2.05, 4.69) is 19.6 Å². The molecule has 0 amide bonds. The van der Waals surface area contributed by atoms with E-state index in [9.17, 15) is 0 Å². The minimum Gasteiger partial charge on any atom is -0.483 e. The van der Waals surface area contributed by atoms with Crippen LogP contribution in [-0.2, 0) is 6.42 Å². The van der Waals surface area contributed by atoms with Crippen LogP contribution in [0.4, 0.5) is 0 Å². The van der Waals surface area contributed by atoms with Gasteiger partial charge in [-0.15, -0.1) is 0 Å². The average Bonchev–Trinajstić information content (AvgIpc) is 2.42. The predicted octanol–water partition coefficient (Wildman–Crippen LogP) is 2.57. The summed E-state index contributed by atoms with van der Waals surface area (Å²) in [6.45, 7) is 5.83. The van der Waals surface area contributed by atoms with Gasteiger partial charge in [-0.1, -0.05) is 24.8 Å². The fourth-order valence-corrected chi connectivity index (χ4v) is 1.53. The lowest BCUT2D eigenvalue weighted by Gasteiger charge is -2.18. The van der Waals surface area contributed by atoms with Crippen LogP contribution in [0.15, 0.2) is 36.9 Å². The molecule has 1 heteroatoms. The topological polar surface area (TPSA) is 9.23 Å². The van der Waals surface area contributed by atoms with Crippen LogP contribution in [0.2, 0.25) is 0 Å². The third-order valence-electron chi connectivity index (χ3n) is 2.29. The summed E-state index contributed by atoms with van der Waals surface area (Å²) in [6, 6.07) is 8.14. The molecule has 0 saturated carbocycles. The highest BCUT2D eigenvalue weighted by molar-refractivity contribution is 5.40. The first-order chi connectivity index (χ1) is 5.73. The van der Waals surface area contributed by atoms with Gasteiger partial charge in [-0.25, -0.2) is 0 Å². The van der Waals surface area contributed by atoms with Crippen LogP contribution in [-0.4, -0.2) is 5.60 Å². The summed E-state index contributed by atoms with van der Waals surface area (Å²) >= 11 is 0. The van der Waals surface area contributed by atoms with Crippen LogP contribution < -0.4 is 4.74 Å². The molecule has 0 unspecified atom stereocenters. The lowest BCUT2D eigenvalue weighted by atomic mass is 10.00. The maximum atomic E-state index is 5.73. The summed E-state index contributed by atoms with van der Waals surface area (Å²) in [5.74, 6) is 1.000. The lowest BCUT2D eigenvalue weighted by molar-refractivity contribution is 0.171. The molecule has 1 aliphatic rings. The second-order valence-corrected chi connectivity index (χ2v) is 3.40. The summed E-state index contributed by atoms with van der Waals surface area (Å²) in [6.07, 6.45) is 2.81. The van der Waals surface area contributed by atoms with Gasteiger partial charge in [0.1, 0.15) is 11.4 Å². The van der Waals surface area contributed by atoms with Gasteiger partial charge in [0.2, 0.25) is 0 Å². The van der Waals surface area contributed by atoms with Crippen molar-refractivity contribution in [1.29, 1.82) is 0 Å². The van der Waals surface area contributed by atoms with Gasteiger partial charge in [0.25, 0.3) is 0 Å². The molecule has 0 aliphatic carbocycles. The van der Waals surface area contributed by atoms with E-state index in [1.54, 1.807) is 0 Å². The second kappa shape index (κ2) is 2.37. The lowest BCUT2D eigenvalue weighted by Crippen LogP contribution is -2.26. The Balaban J connectivity index is 2.39. The minimum absolute atomic E-state index is 0.191. The Morgan fingerprint density at radius 2 is 2.25 bits per heavy atom. The van der Waals surface area contributed by atoms with Crippen molar-refractivity contribution in [1.82, 2.24) is 0 Å². The first-order valence-corrected chi connectivity index (χ1v) is 4.14. The minimum atomic E-state index is -0.191. The van der Waals surface area contributed by atoms with Crippen LogP contribution in [0, 0.1) is 0 Å². The maximum absolute atomic E-state index is 5.73. The first kappa shape index (κ1) is 7.41. The molecular formula is C11H12O. The molecule has 1 heterocycles. The monoisotopic (exact) mass is 160 g/mol. The van der Waals surface area contributed by atoms with Crippen LogP contribution in [0.1, 0.15) is 12.5 Å². The molecular weight excluding hydrogens is 148 g/mol.